The van der Waals surface area contributed by atoms with Crippen molar-refractivity contribution in [2.24, 2.45) is 0 Å². The van der Waals surface area contributed by atoms with Crippen molar-refractivity contribution < 1.29 is 19.4 Å². The van der Waals surface area contributed by atoms with Crippen molar-refractivity contribution in [2.45, 2.75) is 13.0 Å². The lowest BCUT2D eigenvalue weighted by Crippen LogP contribution is -2.33. The van der Waals surface area contributed by atoms with Gasteiger partial charge in [-0.05, 0) is 23.8 Å². The molecule has 0 aliphatic rings. The number of likely N-dealkylation sites (N-methyl/N-ethyl adjacent to an activating group) is 1. The van der Waals surface area contributed by atoms with Crippen molar-refractivity contribution in [3.63, 3.8) is 0 Å². The SMILES string of the molecule is CCN(C=O)C(C(=O)O)c1c(OC)ccc2ccccc12. The molecule has 0 radical (unpaired) electrons. The van der Waals surface area contributed by atoms with E-state index in [2.05, 4.69) is 0 Å². The van der Waals surface area contributed by atoms with Crippen LogP contribution in [0.4, 0.5) is 0 Å². The molecule has 5 nitrogen and oxygen atoms in total. The number of carboxylic acids is 1. The van der Waals surface area contributed by atoms with Gasteiger partial charge < -0.3 is 14.7 Å². The molecule has 0 spiro atoms. The number of carbonyl (C=O) groups excluding carboxylic acids is 1. The molecule has 1 atom stereocenters. The number of nitrogens with zero attached hydrogens (tertiary/aromatic N) is 1. The van der Waals surface area contributed by atoms with Gasteiger partial charge in [0.25, 0.3) is 0 Å². The summed E-state index contributed by atoms with van der Waals surface area (Å²) in [6, 6.07) is 9.97. The molecule has 0 saturated heterocycles. The molecule has 0 heterocycles. The molecule has 0 fully saturated rings. The third-order valence-corrected chi connectivity index (χ3v) is 3.49. The van der Waals surface area contributed by atoms with Crippen molar-refractivity contribution in [1.29, 1.82) is 0 Å². The van der Waals surface area contributed by atoms with E-state index < -0.39 is 12.0 Å². The molecular weight excluding hydrogens is 270 g/mol. The van der Waals surface area contributed by atoms with Crippen molar-refractivity contribution in [3.8, 4) is 5.75 Å². The Morgan fingerprint density at radius 1 is 1.33 bits per heavy atom. The van der Waals surface area contributed by atoms with E-state index in [1.165, 1.54) is 12.0 Å². The van der Waals surface area contributed by atoms with Gasteiger partial charge in [0.2, 0.25) is 6.41 Å². The fraction of sp³-hybridized carbons (Fsp3) is 0.250. The second kappa shape index (κ2) is 6.26. The number of benzene rings is 2. The Balaban J connectivity index is 2.76. The Hall–Kier alpha value is -2.56. The second-order valence-corrected chi connectivity index (χ2v) is 4.58. The summed E-state index contributed by atoms with van der Waals surface area (Å²) in [7, 11) is 1.49. The molecule has 2 rings (SSSR count). The number of hydrogen-bond donors (Lipinski definition) is 1. The lowest BCUT2D eigenvalue weighted by Gasteiger charge is -2.26. The zero-order valence-electron chi connectivity index (χ0n) is 11.9. The molecule has 0 aliphatic heterocycles. The van der Waals surface area contributed by atoms with Gasteiger partial charge in [0.15, 0.2) is 6.04 Å². The standard InChI is InChI=1S/C16H17NO4/c1-3-17(10-18)15(16(19)20)14-12-7-5-4-6-11(12)8-9-13(14)21-2/h4-10,15H,3H2,1-2H3,(H,19,20). The Labute approximate surface area is 122 Å². The molecular formula is C16H17NO4. The summed E-state index contributed by atoms with van der Waals surface area (Å²) < 4.78 is 5.32. The minimum absolute atomic E-state index is 0.298. The quantitative estimate of drug-likeness (QED) is 0.829. The van der Waals surface area contributed by atoms with Crippen LogP contribution >= 0.6 is 0 Å². The third kappa shape index (κ3) is 2.67. The summed E-state index contributed by atoms with van der Waals surface area (Å²) in [6.07, 6.45) is 0.556. The third-order valence-electron chi connectivity index (χ3n) is 3.49. The highest BCUT2D eigenvalue weighted by atomic mass is 16.5. The topological polar surface area (TPSA) is 66.8 Å². The summed E-state index contributed by atoms with van der Waals surface area (Å²) in [5.74, 6) is -0.625. The molecule has 1 amide bonds. The highest BCUT2D eigenvalue weighted by Gasteiger charge is 2.30. The zero-order chi connectivity index (χ0) is 15.4. The Morgan fingerprint density at radius 3 is 2.62 bits per heavy atom. The largest absolute Gasteiger partial charge is 0.496 e. The lowest BCUT2D eigenvalue weighted by molar-refractivity contribution is -0.146. The number of methoxy groups -OCH3 is 1. The summed E-state index contributed by atoms with van der Waals surface area (Å²) in [6.45, 7) is 2.04. The van der Waals surface area contributed by atoms with Gasteiger partial charge in [-0.15, -0.1) is 0 Å². The number of ether oxygens (including phenoxy) is 1. The van der Waals surface area contributed by atoms with E-state index in [1.807, 2.05) is 30.3 Å². The van der Waals surface area contributed by atoms with Crippen LogP contribution in [0.2, 0.25) is 0 Å². The van der Waals surface area contributed by atoms with Crippen molar-refractivity contribution in [2.75, 3.05) is 13.7 Å². The summed E-state index contributed by atoms with van der Waals surface area (Å²) in [5, 5.41) is 11.3. The Bertz CT molecular complexity index is 668. The first-order chi connectivity index (χ1) is 10.1. The van der Waals surface area contributed by atoms with E-state index in [-0.39, 0.29) is 0 Å². The molecule has 1 N–H and O–H groups in total. The van der Waals surface area contributed by atoms with E-state index >= 15 is 0 Å². The first-order valence-corrected chi connectivity index (χ1v) is 6.63. The summed E-state index contributed by atoms with van der Waals surface area (Å²) in [5.41, 5.74) is 0.497. The van der Waals surface area contributed by atoms with E-state index in [4.69, 9.17) is 4.74 Å². The lowest BCUT2D eigenvalue weighted by atomic mass is 9.96. The number of hydrogen-bond acceptors (Lipinski definition) is 3. The van der Waals surface area contributed by atoms with Crippen LogP contribution in [-0.4, -0.2) is 36.0 Å². The van der Waals surface area contributed by atoms with Crippen molar-refractivity contribution >= 4 is 23.2 Å². The smallest absolute Gasteiger partial charge is 0.331 e. The summed E-state index contributed by atoms with van der Waals surface area (Å²) in [4.78, 5) is 24.2. The molecule has 0 aromatic heterocycles. The van der Waals surface area contributed by atoms with E-state index in [0.717, 1.165) is 10.8 Å². The van der Waals surface area contributed by atoms with Crippen LogP contribution in [0, 0.1) is 0 Å². The van der Waals surface area contributed by atoms with Crippen LogP contribution in [0.3, 0.4) is 0 Å². The summed E-state index contributed by atoms with van der Waals surface area (Å²) >= 11 is 0. The van der Waals surface area contributed by atoms with E-state index in [1.54, 1.807) is 13.0 Å². The van der Waals surface area contributed by atoms with Gasteiger partial charge in [-0.3, -0.25) is 4.79 Å². The van der Waals surface area contributed by atoms with Crippen molar-refractivity contribution in [1.82, 2.24) is 4.90 Å². The molecule has 2 aromatic carbocycles. The minimum Gasteiger partial charge on any atom is -0.496 e. The highest BCUT2D eigenvalue weighted by molar-refractivity contribution is 5.93. The maximum atomic E-state index is 11.7. The first kappa shape index (κ1) is 14.8. The number of carbonyl (C=O) groups is 2. The van der Waals surface area contributed by atoms with E-state index in [0.29, 0.717) is 24.3 Å². The first-order valence-electron chi connectivity index (χ1n) is 6.63. The minimum atomic E-state index is -1.08. The van der Waals surface area contributed by atoms with Gasteiger partial charge in [0, 0.05) is 12.1 Å². The van der Waals surface area contributed by atoms with Gasteiger partial charge in [-0.25, -0.2) is 4.79 Å². The fourth-order valence-corrected chi connectivity index (χ4v) is 2.48. The molecule has 5 heteroatoms. The van der Waals surface area contributed by atoms with Crippen LogP contribution in [0.1, 0.15) is 18.5 Å². The predicted octanol–water partition coefficient (Wildman–Crippen LogP) is 2.45. The fourth-order valence-electron chi connectivity index (χ4n) is 2.48. The number of rotatable bonds is 6. The zero-order valence-corrected chi connectivity index (χ0v) is 11.9. The molecule has 2 aromatic rings. The second-order valence-electron chi connectivity index (χ2n) is 4.58. The van der Waals surface area contributed by atoms with E-state index in [9.17, 15) is 14.7 Å². The van der Waals surface area contributed by atoms with Crippen molar-refractivity contribution in [3.05, 3.63) is 42.0 Å². The van der Waals surface area contributed by atoms with Gasteiger partial charge in [-0.2, -0.15) is 0 Å². The number of aliphatic carboxylic acids is 1. The monoisotopic (exact) mass is 287 g/mol. The Morgan fingerprint density at radius 2 is 2.05 bits per heavy atom. The molecule has 21 heavy (non-hydrogen) atoms. The molecule has 0 bridgehead atoms. The van der Waals surface area contributed by atoms with Gasteiger partial charge in [0.1, 0.15) is 5.75 Å². The molecule has 0 saturated carbocycles. The van der Waals surface area contributed by atoms with Crippen LogP contribution in [0.25, 0.3) is 10.8 Å². The molecule has 0 aliphatic carbocycles. The average Bonchev–Trinajstić information content (AvgIpc) is 2.51. The van der Waals surface area contributed by atoms with Crippen LogP contribution in [0.15, 0.2) is 36.4 Å². The highest BCUT2D eigenvalue weighted by Crippen LogP contribution is 2.35. The Kier molecular flexibility index (Phi) is 4.42. The van der Waals surface area contributed by atoms with Crippen LogP contribution < -0.4 is 4.74 Å². The van der Waals surface area contributed by atoms with Gasteiger partial charge >= 0.3 is 5.97 Å². The van der Waals surface area contributed by atoms with Crippen LogP contribution in [0.5, 0.6) is 5.75 Å². The molecule has 1 unspecified atom stereocenters. The number of fused-ring (bicyclic) bond motifs is 1. The van der Waals surface area contributed by atoms with Gasteiger partial charge in [0.05, 0.1) is 7.11 Å². The normalized spacial score (nSPS) is 11.9. The number of amides is 1. The predicted molar refractivity (Wildman–Crippen MR) is 79.3 cm³/mol. The average molecular weight is 287 g/mol. The number of carboxylic acid groups (broad SMARTS) is 1. The maximum absolute atomic E-state index is 11.7. The van der Waals surface area contributed by atoms with Crippen LogP contribution in [-0.2, 0) is 9.59 Å². The maximum Gasteiger partial charge on any atom is 0.331 e. The van der Waals surface area contributed by atoms with Gasteiger partial charge in [-0.1, -0.05) is 30.3 Å². The molecule has 110 valence electrons.